The second-order valence-electron chi connectivity index (χ2n) is 10.1. The van der Waals surface area contributed by atoms with Gasteiger partial charge in [0.2, 0.25) is 5.91 Å². The lowest BCUT2D eigenvalue weighted by molar-refractivity contribution is -0.120. The van der Waals surface area contributed by atoms with Crippen molar-refractivity contribution in [3.8, 4) is 0 Å². The molecule has 178 valence electrons. The number of amides is 1. The van der Waals surface area contributed by atoms with Crippen molar-refractivity contribution in [1.82, 2.24) is 0 Å². The van der Waals surface area contributed by atoms with Gasteiger partial charge in [-0.2, -0.15) is 0 Å². The van der Waals surface area contributed by atoms with Crippen LogP contribution in [0.3, 0.4) is 0 Å². The average Bonchev–Trinajstić information content (AvgIpc) is 2.85. The Labute approximate surface area is 207 Å². The van der Waals surface area contributed by atoms with Crippen molar-refractivity contribution < 1.29 is 9.59 Å². The van der Waals surface area contributed by atoms with Gasteiger partial charge in [0.25, 0.3) is 0 Å². The number of Topliss-reactive ketones (excluding diaryl/α,β-unsaturated/α-hetero) is 1. The van der Waals surface area contributed by atoms with Gasteiger partial charge in [0, 0.05) is 49.8 Å². The molecule has 0 saturated heterocycles. The van der Waals surface area contributed by atoms with E-state index >= 15 is 0 Å². The molecule has 0 fully saturated rings. The van der Waals surface area contributed by atoms with Crippen molar-refractivity contribution >= 4 is 23.1 Å². The Balaban J connectivity index is 1.65. The fraction of sp³-hybridized carbons (Fsp3) is 0.290. The van der Waals surface area contributed by atoms with Crippen LogP contribution in [0.4, 0.5) is 11.4 Å². The van der Waals surface area contributed by atoms with Crippen molar-refractivity contribution in [2.24, 2.45) is 0 Å². The summed E-state index contributed by atoms with van der Waals surface area (Å²) in [6.45, 7) is 4.08. The van der Waals surface area contributed by atoms with Crippen molar-refractivity contribution in [3.63, 3.8) is 0 Å². The first-order valence-electron chi connectivity index (χ1n) is 12.3. The highest BCUT2D eigenvalue weighted by atomic mass is 16.2. The van der Waals surface area contributed by atoms with Crippen LogP contribution in [0.2, 0.25) is 0 Å². The maximum atomic E-state index is 13.8. The third-order valence-electron chi connectivity index (χ3n) is 7.42. The molecular formula is C31H32N2O2. The second kappa shape index (κ2) is 9.18. The standard InChI is InChI=1S/C31H32N2O2/c1-20-10-11-21(2)27(16-20)33-28-17-24(22-8-6-5-7-9-22)18-29(34)31(28)26(19-30(33)35)23-12-14-25(15-13-23)32(3)4/h5-16,24,26H,17-19H2,1-4H3. The Kier molecular flexibility index (Phi) is 6.06. The van der Waals surface area contributed by atoms with Crippen molar-refractivity contribution in [3.05, 3.63) is 106 Å². The molecule has 1 heterocycles. The van der Waals surface area contributed by atoms with Crippen LogP contribution in [0, 0.1) is 13.8 Å². The summed E-state index contributed by atoms with van der Waals surface area (Å²) < 4.78 is 0. The summed E-state index contributed by atoms with van der Waals surface area (Å²) in [4.78, 5) is 31.5. The fourth-order valence-electron chi connectivity index (χ4n) is 5.53. The number of anilines is 2. The van der Waals surface area contributed by atoms with E-state index in [9.17, 15) is 9.59 Å². The maximum Gasteiger partial charge on any atom is 0.232 e. The Morgan fingerprint density at radius 3 is 2.20 bits per heavy atom. The zero-order valence-electron chi connectivity index (χ0n) is 20.9. The Morgan fingerprint density at radius 2 is 1.51 bits per heavy atom. The summed E-state index contributed by atoms with van der Waals surface area (Å²) in [5, 5.41) is 0. The van der Waals surface area contributed by atoms with Gasteiger partial charge in [-0.15, -0.1) is 0 Å². The van der Waals surface area contributed by atoms with Gasteiger partial charge in [0.15, 0.2) is 5.78 Å². The normalized spacial score (nSPS) is 20.2. The molecule has 0 N–H and O–H groups in total. The minimum absolute atomic E-state index is 0.0562. The molecule has 3 aromatic carbocycles. The predicted octanol–water partition coefficient (Wildman–Crippen LogP) is 6.29. The number of carbonyl (C=O) groups excluding carboxylic acids is 2. The molecule has 2 unspecified atom stereocenters. The minimum Gasteiger partial charge on any atom is -0.378 e. The number of benzene rings is 3. The first-order chi connectivity index (χ1) is 16.8. The molecule has 3 aromatic rings. The van der Waals surface area contributed by atoms with Gasteiger partial charge in [0.05, 0.1) is 5.69 Å². The van der Waals surface area contributed by atoms with Gasteiger partial charge in [-0.1, -0.05) is 54.6 Å². The highest BCUT2D eigenvalue weighted by Gasteiger charge is 2.42. The summed E-state index contributed by atoms with van der Waals surface area (Å²) in [5.41, 5.74) is 8.01. The van der Waals surface area contributed by atoms with E-state index in [1.54, 1.807) is 0 Å². The average molecular weight is 465 g/mol. The van der Waals surface area contributed by atoms with Gasteiger partial charge in [0.1, 0.15) is 0 Å². The number of hydrogen-bond acceptors (Lipinski definition) is 3. The summed E-state index contributed by atoms with van der Waals surface area (Å²) in [6.07, 6.45) is 1.45. The third kappa shape index (κ3) is 4.29. The summed E-state index contributed by atoms with van der Waals surface area (Å²) in [7, 11) is 4.02. The van der Waals surface area contributed by atoms with Gasteiger partial charge >= 0.3 is 0 Å². The first-order valence-corrected chi connectivity index (χ1v) is 12.3. The Hall–Kier alpha value is -3.66. The monoisotopic (exact) mass is 464 g/mol. The van der Waals surface area contributed by atoms with Crippen LogP contribution in [0.5, 0.6) is 0 Å². The van der Waals surface area contributed by atoms with Crippen molar-refractivity contribution in [2.45, 2.75) is 44.9 Å². The largest absolute Gasteiger partial charge is 0.378 e. The molecule has 1 amide bonds. The van der Waals surface area contributed by atoms with Crippen LogP contribution in [0.15, 0.2) is 84.1 Å². The molecule has 5 rings (SSSR count). The van der Waals surface area contributed by atoms with E-state index in [4.69, 9.17) is 0 Å². The van der Waals surface area contributed by atoms with Gasteiger partial charge in [-0.3, -0.25) is 14.5 Å². The zero-order valence-corrected chi connectivity index (χ0v) is 20.9. The zero-order chi connectivity index (χ0) is 24.7. The smallest absolute Gasteiger partial charge is 0.232 e. The summed E-state index contributed by atoms with van der Waals surface area (Å²) in [5.74, 6) is 0.0716. The SMILES string of the molecule is Cc1ccc(C)c(N2C(=O)CC(c3ccc(N(C)C)cc3)C3=C2CC(c2ccccc2)CC3=O)c1. The number of carbonyl (C=O) groups is 2. The fourth-order valence-corrected chi connectivity index (χ4v) is 5.53. The van der Waals surface area contributed by atoms with E-state index in [-0.39, 0.29) is 23.5 Å². The quantitative estimate of drug-likeness (QED) is 0.456. The Bertz CT molecular complexity index is 1310. The number of allylic oxidation sites excluding steroid dienone is 2. The molecule has 0 saturated carbocycles. The molecule has 0 spiro atoms. The number of rotatable bonds is 4. The van der Waals surface area contributed by atoms with Crippen LogP contribution in [0.1, 0.15) is 53.4 Å². The molecule has 0 aromatic heterocycles. The van der Waals surface area contributed by atoms with E-state index in [2.05, 4.69) is 59.5 Å². The molecular weight excluding hydrogens is 432 g/mol. The van der Waals surface area contributed by atoms with Gasteiger partial charge in [-0.25, -0.2) is 0 Å². The van der Waals surface area contributed by atoms with Crippen molar-refractivity contribution in [1.29, 1.82) is 0 Å². The van der Waals surface area contributed by atoms with E-state index in [0.717, 1.165) is 44.9 Å². The Morgan fingerprint density at radius 1 is 0.800 bits per heavy atom. The molecule has 4 heteroatoms. The lowest BCUT2D eigenvalue weighted by atomic mass is 9.72. The summed E-state index contributed by atoms with van der Waals surface area (Å²) >= 11 is 0. The van der Waals surface area contributed by atoms with Crippen LogP contribution in [-0.4, -0.2) is 25.8 Å². The number of hydrogen-bond donors (Lipinski definition) is 0. The summed E-state index contributed by atoms with van der Waals surface area (Å²) in [6, 6.07) is 24.7. The maximum absolute atomic E-state index is 13.8. The molecule has 1 aliphatic heterocycles. The first kappa shape index (κ1) is 23.1. The lowest BCUT2D eigenvalue weighted by Crippen LogP contribution is -2.42. The molecule has 1 aliphatic carbocycles. The molecule has 2 atom stereocenters. The van der Waals surface area contributed by atoms with Crippen LogP contribution in [-0.2, 0) is 9.59 Å². The van der Waals surface area contributed by atoms with E-state index in [0.29, 0.717) is 19.3 Å². The van der Waals surface area contributed by atoms with Crippen LogP contribution in [0.25, 0.3) is 0 Å². The van der Waals surface area contributed by atoms with Crippen molar-refractivity contribution in [2.75, 3.05) is 23.9 Å². The van der Waals surface area contributed by atoms with Gasteiger partial charge in [-0.05, 0) is 66.6 Å². The molecule has 0 radical (unpaired) electrons. The molecule has 2 aliphatic rings. The van der Waals surface area contributed by atoms with E-state index < -0.39 is 0 Å². The number of ketones is 1. The van der Waals surface area contributed by atoms with E-state index in [1.165, 1.54) is 0 Å². The number of aryl methyl sites for hydroxylation is 2. The van der Waals surface area contributed by atoms with Crippen LogP contribution < -0.4 is 9.80 Å². The molecule has 35 heavy (non-hydrogen) atoms. The predicted molar refractivity (Wildman–Crippen MR) is 142 cm³/mol. The second-order valence-corrected chi connectivity index (χ2v) is 10.1. The minimum atomic E-state index is -0.209. The molecule has 4 nitrogen and oxygen atoms in total. The highest BCUT2D eigenvalue weighted by Crippen LogP contribution is 2.47. The number of nitrogens with zero attached hydrogens (tertiary/aromatic N) is 2. The topological polar surface area (TPSA) is 40.6 Å². The van der Waals surface area contributed by atoms with Crippen LogP contribution >= 0.6 is 0 Å². The third-order valence-corrected chi connectivity index (χ3v) is 7.42. The van der Waals surface area contributed by atoms with Gasteiger partial charge < -0.3 is 4.90 Å². The lowest BCUT2D eigenvalue weighted by Gasteiger charge is -2.41. The molecule has 0 bridgehead atoms. The van der Waals surface area contributed by atoms with E-state index in [1.807, 2.05) is 51.0 Å². The highest BCUT2D eigenvalue weighted by molar-refractivity contribution is 6.08.